The van der Waals surface area contributed by atoms with Crippen LogP contribution in [-0.2, 0) is 6.54 Å². The van der Waals surface area contributed by atoms with Crippen molar-refractivity contribution in [2.45, 2.75) is 20.4 Å². The molecular weight excluding hydrogens is 430 g/mol. The SMILES string of the molecule is CCOc1cc(C(=O)N(C)Cc2c[n+](O)c(C)c3cn[nH]c23)ccc1-c1cc(F)ccc1F. The van der Waals surface area contributed by atoms with Crippen LogP contribution in [0, 0.1) is 18.6 Å². The number of nitrogens with zero attached hydrogens (tertiary/aromatic N) is 3. The van der Waals surface area contributed by atoms with E-state index in [1.165, 1.54) is 17.2 Å². The normalized spacial score (nSPS) is 11.1. The second kappa shape index (κ2) is 8.85. The first kappa shape index (κ1) is 22.2. The zero-order valence-corrected chi connectivity index (χ0v) is 18.4. The van der Waals surface area contributed by atoms with Gasteiger partial charge in [-0.1, -0.05) is 0 Å². The minimum Gasteiger partial charge on any atom is -0.493 e. The summed E-state index contributed by atoms with van der Waals surface area (Å²) in [5, 5.41) is 17.8. The molecule has 0 saturated carbocycles. The van der Waals surface area contributed by atoms with Crippen molar-refractivity contribution in [3.8, 4) is 16.9 Å². The Bertz CT molecular complexity index is 1350. The van der Waals surface area contributed by atoms with Gasteiger partial charge >= 0.3 is 0 Å². The van der Waals surface area contributed by atoms with Crippen molar-refractivity contribution >= 4 is 16.8 Å². The first-order valence-corrected chi connectivity index (χ1v) is 10.3. The summed E-state index contributed by atoms with van der Waals surface area (Å²) in [7, 11) is 1.63. The molecule has 170 valence electrons. The number of ether oxygens (including phenoxy) is 1. The standard InChI is InChI=1S/C24H22F2N4O3/c1-4-33-22-9-15(5-7-18(22)19-10-17(25)6-8-21(19)26)24(31)29(3)12-16-13-30(32)14(2)20-11-27-28-23(16)20/h5-11,13,32H,4,12H2,1-3H3/p+1. The van der Waals surface area contributed by atoms with Gasteiger partial charge in [0.15, 0.2) is 0 Å². The molecule has 2 heterocycles. The lowest BCUT2D eigenvalue weighted by Crippen LogP contribution is -2.35. The summed E-state index contributed by atoms with van der Waals surface area (Å²) in [6.07, 6.45) is 3.14. The van der Waals surface area contributed by atoms with E-state index in [2.05, 4.69) is 10.2 Å². The van der Waals surface area contributed by atoms with E-state index < -0.39 is 11.6 Å². The third kappa shape index (κ3) is 4.21. The monoisotopic (exact) mass is 453 g/mol. The molecule has 4 rings (SSSR count). The average Bonchev–Trinajstić information content (AvgIpc) is 3.29. The molecule has 0 unspecified atom stereocenters. The maximum atomic E-state index is 14.3. The van der Waals surface area contributed by atoms with Crippen LogP contribution < -0.4 is 9.47 Å². The summed E-state index contributed by atoms with van der Waals surface area (Å²) in [6, 6.07) is 7.81. The lowest BCUT2D eigenvalue weighted by molar-refractivity contribution is -0.908. The topological polar surface area (TPSA) is 82.3 Å². The number of pyridine rings is 1. The number of rotatable bonds is 6. The zero-order chi connectivity index (χ0) is 23.7. The van der Waals surface area contributed by atoms with Crippen LogP contribution in [0.25, 0.3) is 22.0 Å². The number of amides is 1. The fourth-order valence-corrected chi connectivity index (χ4v) is 3.76. The molecule has 0 radical (unpaired) electrons. The Morgan fingerprint density at radius 3 is 2.76 bits per heavy atom. The van der Waals surface area contributed by atoms with Crippen LogP contribution in [0.2, 0.25) is 0 Å². The van der Waals surface area contributed by atoms with Crippen molar-refractivity contribution < 1.29 is 28.2 Å². The second-order valence-electron chi connectivity index (χ2n) is 7.67. The van der Waals surface area contributed by atoms with Gasteiger partial charge < -0.3 is 9.64 Å². The third-order valence-electron chi connectivity index (χ3n) is 5.47. The van der Waals surface area contributed by atoms with Gasteiger partial charge in [0.25, 0.3) is 5.91 Å². The minimum atomic E-state index is -0.589. The molecule has 33 heavy (non-hydrogen) atoms. The highest BCUT2D eigenvalue weighted by Crippen LogP contribution is 2.34. The van der Waals surface area contributed by atoms with E-state index in [1.807, 2.05) is 0 Å². The average molecular weight is 453 g/mol. The number of hydrogen-bond donors (Lipinski definition) is 2. The molecule has 0 saturated heterocycles. The van der Waals surface area contributed by atoms with E-state index in [4.69, 9.17) is 4.74 Å². The first-order chi connectivity index (χ1) is 15.8. The lowest BCUT2D eigenvalue weighted by atomic mass is 10.0. The van der Waals surface area contributed by atoms with E-state index in [0.717, 1.165) is 33.8 Å². The number of aromatic amines is 1. The summed E-state index contributed by atoms with van der Waals surface area (Å²) in [4.78, 5) is 14.6. The number of nitrogens with one attached hydrogen (secondary N) is 1. The van der Waals surface area contributed by atoms with Gasteiger partial charge in [-0.25, -0.2) is 8.78 Å². The molecule has 0 spiro atoms. The molecule has 7 nitrogen and oxygen atoms in total. The number of halogens is 2. The summed E-state index contributed by atoms with van der Waals surface area (Å²) in [6.45, 7) is 4.01. The van der Waals surface area contributed by atoms with Crippen LogP contribution in [-0.4, -0.2) is 39.9 Å². The number of hydrogen-bond acceptors (Lipinski definition) is 4. The Hall–Kier alpha value is -4.01. The Morgan fingerprint density at radius 2 is 2.00 bits per heavy atom. The van der Waals surface area contributed by atoms with Gasteiger partial charge in [-0.05, 0) is 43.3 Å². The van der Waals surface area contributed by atoms with Gasteiger partial charge in [-0.15, -0.1) is 0 Å². The van der Waals surface area contributed by atoms with E-state index in [9.17, 15) is 18.8 Å². The largest absolute Gasteiger partial charge is 0.493 e. The molecule has 2 aromatic carbocycles. The molecule has 0 aliphatic carbocycles. The van der Waals surface area contributed by atoms with Gasteiger partial charge in [0.05, 0.1) is 35.8 Å². The number of carbonyl (C=O) groups is 1. The molecule has 0 aliphatic rings. The smallest absolute Gasteiger partial charge is 0.254 e. The maximum absolute atomic E-state index is 14.3. The van der Waals surface area contributed by atoms with Gasteiger partial charge in [0.1, 0.15) is 17.4 Å². The molecule has 0 fully saturated rings. The molecule has 2 N–H and O–H groups in total. The summed E-state index contributed by atoms with van der Waals surface area (Å²) in [5.74, 6) is -1.19. The highest BCUT2D eigenvalue weighted by molar-refractivity contribution is 5.95. The molecule has 0 aliphatic heterocycles. The van der Waals surface area contributed by atoms with Crippen molar-refractivity contribution in [3.63, 3.8) is 0 Å². The quantitative estimate of drug-likeness (QED) is 0.341. The number of benzene rings is 2. The molecular formula is C24H23F2N4O3+. The summed E-state index contributed by atoms with van der Waals surface area (Å²) < 4.78 is 34.7. The Balaban J connectivity index is 1.66. The fraction of sp³-hybridized carbons (Fsp3) is 0.208. The van der Waals surface area contributed by atoms with Crippen molar-refractivity contribution in [1.82, 2.24) is 15.1 Å². The minimum absolute atomic E-state index is 0.0552. The first-order valence-electron chi connectivity index (χ1n) is 10.3. The molecule has 0 bridgehead atoms. The van der Waals surface area contributed by atoms with Crippen LogP contribution in [0.15, 0.2) is 48.8 Å². The number of aromatic nitrogens is 3. The lowest BCUT2D eigenvalue weighted by Gasteiger charge is -2.19. The molecule has 1 amide bonds. The number of aryl methyl sites for hydroxylation is 1. The van der Waals surface area contributed by atoms with Crippen molar-refractivity contribution in [2.24, 2.45) is 0 Å². The van der Waals surface area contributed by atoms with E-state index in [-0.39, 0.29) is 30.4 Å². The zero-order valence-electron chi connectivity index (χ0n) is 18.4. The van der Waals surface area contributed by atoms with E-state index >= 15 is 0 Å². The number of H-pyrrole nitrogens is 1. The van der Waals surface area contributed by atoms with Gasteiger partial charge in [0, 0.05) is 35.4 Å². The Kier molecular flexibility index (Phi) is 5.95. The van der Waals surface area contributed by atoms with Crippen LogP contribution in [0.3, 0.4) is 0 Å². The fourth-order valence-electron chi connectivity index (χ4n) is 3.76. The van der Waals surface area contributed by atoms with E-state index in [0.29, 0.717) is 22.4 Å². The second-order valence-corrected chi connectivity index (χ2v) is 7.67. The molecule has 4 aromatic rings. The third-order valence-corrected chi connectivity index (χ3v) is 5.47. The summed E-state index contributed by atoms with van der Waals surface area (Å²) >= 11 is 0. The predicted molar refractivity (Wildman–Crippen MR) is 117 cm³/mol. The highest BCUT2D eigenvalue weighted by Gasteiger charge is 2.22. The maximum Gasteiger partial charge on any atom is 0.254 e. The molecule has 2 aromatic heterocycles. The van der Waals surface area contributed by atoms with Gasteiger partial charge in [-0.2, -0.15) is 5.10 Å². The molecule has 0 atom stereocenters. The van der Waals surface area contributed by atoms with Crippen molar-refractivity contribution in [3.05, 3.63) is 77.2 Å². The molecule has 9 heteroatoms. The highest BCUT2D eigenvalue weighted by atomic mass is 19.1. The predicted octanol–water partition coefficient (Wildman–Crippen LogP) is 4.01. The van der Waals surface area contributed by atoms with Crippen molar-refractivity contribution in [2.75, 3.05) is 13.7 Å². The Labute approximate surface area is 188 Å². The van der Waals surface area contributed by atoms with Gasteiger partial charge in [0.2, 0.25) is 11.9 Å². The van der Waals surface area contributed by atoms with Crippen LogP contribution in [0.4, 0.5) is 8.78 Å². The van der Waals surface area contributed by atoms with Crippen LogP contribution in [0.5, 0.6) is 5.75 Å². The van der Waals surface area contributed by atoms with Gasteiger partial charge in [-0.3, -0.25) is 15.1 Å². The van der Waals surface area contributed by atoms with E-state index in [1.54, 1.807) is 39.2 Å². The van der Waals surface area contributed by atoms with Crippen molar-refractivity contribution in [1.29, 1.82) is 0 Å². The van der Waals surface area contributed by atoms with Crippen LogP contribution >= 0.6 is 0 Å². The number of fused-ring (bicyclic) bond motifs is 1. The van der Waals surface area contributed by atoms with Crippen LogP contribution in [0.1, 0.15) is 28.5 Å². The summed E-state index contributed by atoms with van der Waals surface area (Å²) in [5.41, 5.74) is 2.76. The number of carbonyl (C=O) groups excluding carboxylic acids is 1. The Morgan fingerprint density at radius 1 is 1.21 bits per heavy atom.